The van der Waals surface area contributed by atoms with Gasteiger partial charge in [-0.05, 0) is 18.8 Å². The monoisotopic (exact) mass is 239 g/mol. The molecule has 0 radical (unpaired) electrons. The van der Waals surface area contributed by atoms with E-state index in [0.29, 0.717) is 5.92 Å². The van der Waals surface area contributed by atoms with Crippen LogP contribution in [0.5, 0.6) is 0 Å². The van der Waals surface area contributed by atoms with Gasteiger partial charge >= 0.3 is 6.03 Å². The lowest BCUT2D eigenvalue weighted by Gasteiger charge is -2.30. The highest BCUT2D eigenvalue weighted by Gasteiger charge is 2.33. The topological polar surface area (TPSA) is 78.5 Å². The fourth-order valence-corrected chi connectivity index (χ4v) is 2.16. The van der Waals surface area contributed by atoms with Gasteiger partial charge in [-0.3, -0.25) is 14.9 Å². The number of imide groups is 1. The molecule has 2 N–H and O–H groups in total. The largest absolute Gasteiger partial charge is 0.343 e. The van der Waals surface area contributed by atoms with Crippen molar-refractivity contribution in [3.05, 3.63) is 0 Å². The molecule has 2 aliphatic rings. The molecule has 2 rings (SSSR count). The van der Waals surface area contributed by atoms with E-state index >= 15 is 0 Å². The van der Waals surface area contributed by atoms with Crippen LogP contribution in [0.25, 0.3) is 0 Å². The third-order valence-corrected chi connectivity index (χ3v) is 3.37. The van der Waals surface area contributed by atoms with Crippen molar-refractivity contribution in [2.24, 2.45) is 5.92 Å². The minimum atomic E-state index is -0.700. The van der Waals surface area contributed by atoms with Crippen LogP contribution in [0.15, 0.2) is 0 Å². The summed E-state index contributed by atoms with van der Waals surface area (Å²) >= 11 is 0. The summed E-state index contributed by atoms with van der Waals surface area (Å²) in [4.78, 5) is 35.9. The number of carbonyl (C=O) groups is 3. The molecule has 0 aromatic rings. The number of hydrogen-bond donors (Lipinski definition) is 2. The van der Waals surface area contributed by atoms with E-state index in [9.17, 15) is 14.4 Å². The SMILES string of the molecule is CC1CCN(C(=O)CC2NC(=O)NC2=O)CC1. The zero-order chi connectivity index (χ0) is 12.4. The highest BCUT2D eigenvalue weighted by Crippen LogP contribution is 2.17. The molecule has 2 fully saturated rings. The fraction of sp³-hybridized carbons (Fsp3) is 0.727. The summed E-state index contributed by atoms with van der Waals surface area (Å²) in [6.45, 7) is 3.68. The van der Waals surface area contributed by atoms with Crippen LogP contribution in [0.2, 0.25) is 0 Å². The molecule has 17 heavy (non-hydrogen) atoms. The predicted octanol–water partition coefficient (Wildman–Crippen LogP) is -0.157. The standard InChI is InChI=1S/C11H17N3O3/c1-7-2-4-14(5-3-7)9(15)6-8-10(16)13-11(17)12-8/h7-8H,2-6H2,1H3,(H2,12,13,16,17). The Kier molecular flexibility index (Phi) is 3.31. The number of likely N-dealkylation sites (tertiary alicyclic amines) is 1. The zero-order valence-electron chi connectivity index (χ0n) is 9.86. The highest BCUT2D eigenvalue weighted by molar-refractivity contribution is 6.05. The molecule has 2 aliphatic heterocycles. The summed E-state index contributed by atoms with van der Waals surface area (Å²) in [6.07, 6.45) is 2.08. The summed E-state index contributed by atoms with van der Waals surface area (Å²) in [6, 6.07) is -1.21. The molecular formula is C11H17N3O3. The summed E-state index contributed by atoms with van der Waals surface area (Å²) in [5.74, 6) is 0.196. The van der Waals surface area contributed by atoms with E-state index in [-0.39, 0.29) is 12.3 Å². The lowest BCUT2D eigenvalue weighted by Crippen LogP contribution is -2.42. The van der Waals surface area contributed by atoms with E-state index in [1.54, 1.807) is 4.90 Å². The summed E-state index contributed by atoms with van der Waals surface area (Å²) in [7, 11) is 0. The molecule has 1 atom stereocenters. The highest BCUT2D eigenvalue weighted by atomic mass is 16.2. The van der Waals surface area contributed by atoms with Crippen LogP contribution < -0.4 is 10.6 Å². The van der Waals surface area contributed by atoms with Crippen LogP contribution in [0, 0.1) is 5.92 Å². The van der Waals surface area contributed by atoms with Crippen molar-refractivity contribution < 1.29 is 14.4 Å². The average Bonchev–Trinajstić information content (AvgIpc) is 2.58. The lowest BCUT2D eigenvalue weighted by molar-refractivity contribution is -0.135. The van der Waals surface area contributed by atoms with Crippen molar-refractivity contribution in [1.29, 1.82) is 0 Å². The number of nitrogens with zero attached hydrogens (tertiary/aromatic N) is 1. The van der Waals surface area contributed by atoms with Crippen LogP contribution in [-0.4, -0.2) is 41.9 Å². The number of carbonyl (C=O) groups excluding carboxylic acids is 3. The number of hydrogen-bond acceptors (Lipinski definition) is 3. The van der Waals surface area contributed by atoms with Gasteiger partial charge < -0.3 is 10.2 Å². The second kappa shape index (κ2) is 4.73. The van der Waals surface area contributed by atoms with Crippen LogP contribution in [0.1, 0.15) is 26.2 Å². The first-order chi connectivity index (χ1) is 8.06. The summed E-state index contributed by atoms with van der Waals surface area (Å²) in [5.41, 5.74) is 0. The maximum absolute atomic E-state index is 11.9. The van der Waals surface area contributed by atoms with Gasteiger partial charge in [0, 0.05) is 13.1 Å². The minimum absolute atomic E-state index is 0.0562. The molecule has 6 nitrogen and oxygen atoms in total. The van der Waals surface area contributed by atoms with E-state index in [2.05, 4.69) is 17.6 Å². The van der Waals surface area contributed by atoms with Crippen molar-refractivity contribution in [2.45, 2.75) is 32.2 Å². The molecule has 2 saturated heterocycles. The first kappa shape index (κ1) is 11.9. The molecule has 1 unspecified atom stereocenters. The quantitative estimate of drug-likeness (QED) is 0.657. The van der Waals surface area contributed by atoms with Crippen molar-refractivity contribution in [3.63, 3.8) is 0 Å². The Labute approximate surface area is 99.7 Å². The van der Waals surface area contributed by atoms with Gasteiger partial charge in [0.05, 0.1) is 6.42 Å². The number of amides is 4. The summed E-state index contributed by atoms with van der Waals surface area (Å²) < 4.78 is 0. The molecule has 94 valence electrons. The molecule has 0 aliphatic carbocycles. The summed E-state index contributed by atoms with van der Waals surface area (Å²) in [5, 5.41) is 4.56. The number of rotatable bonds is 2. The van der Waals surface area contributed by atoms with Gasteiger partial charge in [0.2, 0.25) is 5.91 Å². The molecule has 4 amide bonds. The Balaban J connectivity index is 1.85. The number of nitrogens with one attached hydrogen (secondary N) is 2. The van der Waals surface area contributed by atoms with Crippen LogP contribution in [-0.2, 0) is 9.59 Å². The Morgan fingerprint density at radius 1 is 1.35 bits per heavy atom. The minimum Gasteiger partial charge on any atom is -0.343 e. The first-order valence-electron chi connectivity index (χ1n) is 5.95. The zero-order valence-corrected chi connectivity index (χ0v) is 9.86. The van der Waals surface area contributed by atoms with Crippen molar-refractivity contribution >= 4 is 17.8 Å². The van der Waals surface area contributed by atoms with Crippen molar-refractivity contribution in [2.75, 3.05) is 13.1 Å². The first-order valence-corrected chi connectivity index (χ1v) is 5.95. The van der Waals surface area contributed by atoms with Crippen molar-refractivity contribution in [3.8, 4) is 0 Å². The molecule has 0 saturated carbocycles. The molecule has 0 aromatic carbocycles. The third kappa shape index (κ3) is 2.75. The predicted molar refractivity (Wildman–Crippen MR) is 60.1 cm³/mol. The lowest BCUT2D eigenvalue weighted by atomic mass is 9.99. The Morgan fingerprint density at radius 3 is 2.53 bits per heavy atom. The maximum atomic E-state index is 11.9. The van der Waals surface area contributed by atoms with Crippen LogP contribution in [0.4, 0.5) is 4.79 Å². The van der Waals surface area contributed by atoms with Crippen LogP contribution in [0.3, 0.4) is 0 Å². The molecule has 2 heterocycles. The maximum Gasteiger partial charge on any atom is 0.322 e. The van der Waals surface area contributed by atoms with E-state index in [0.717, 1.165) is 25.9 Å². The van der Waals surface area contributed by atoms with Gasteiger partial charge in [0.25, 0.3) is 5.91 Å². The van der Waals surface area contributed by atoms with E-state index < -0.39 is 18.0 Å². The molecule has 0 aromatic heterocycles. The smallest absolute Gasteiger partial charge is 0.322 e. The number of piperidine rings is 1. The van der Waals surface area contributed by atoms with Crippen molar-refractivity contribution in [1.82, 2.24) is 15.5 Å². The van der Waals surface area contributed by atoms with E-state index in [1.807, 2.05) is 0 Å². The Hall–Kier alpha value is -1.59. The Morgan fingerprint density at radius 2 is 2.00 bits per heavy atom. The molecule has 0 bridgehead atoms. The van der Waals surface area contributed by atoms with Gasteiger partial charge in [0.1, 0.15) is 6.04 Å². The van der Waals surface area contributed by atoms with E-state index in [1.165, 1.54) is 0 Å². The number of urea groups is 1. The van der Waals surface area contributed by atoms with Gasteiger partial charge in [-0.2, -0.15) is 0 Å². The van der Waals surface area contributed by atoms with Crippen LogP contribution >= 0.6 is 0 Å². The Bertz CT molecular complexity index is 348. The van der Waals surface area contributed by atoms with Gasteiger partial charge in [-0.15, -0.1) is 0 Å². The second-order valence-electron chi connectivity index (χ2n) is 4.78. The molecular weight excluding hydrogens is 222 g/mol. The third-order valence-electron chi connectivity index (χ3n) is 3.37. The average molecular weight is 239 g/mol. The molecule has 0 spiro atoms. The normalized spacial score (nSPS) is 25.7. The fourth-order valence-electron chi connectivity index (χ4n) is 2.16. The van der Waals surface area contributed by atoms with Gasteiger partial charge in [-0.1, -0.05) is 6.92 Å². The second-order valence-corrected chi connectivity index (χ2v) is 4.78. The molecule has 6 heteroatoms. The van der Waals surface area contributed by atoms with Gasteiger partial charge in [-0.25, -0.2) is 4.79 Å². The van der Waals surface area contributed by atoms with E-state index in [4.69, 9.17) is 0 Å². The van der Waals surface area contributed by atoms with Gasteiger partial charge in [0.15, 0.2) is 0 Å².